The second-order valence-electron chi connectivity index (χ2n) is 9.08. The van der Waals surface area contributed by atoms with Crippen molar-refractivity contribution in [3.63, 3.8) is 0 Å². The minimum absolute atomic E-state index is 0.0230. The fourth-order valence-corrected chi connectivity index (χ4v) is 5.10. The predicted molar refractivity (Wildman–Crippen MR) is 117 cm³/mol. The highest BCUT2D eigenvalue weighted by Crippen LogP contribution is 2.59. The molecule has 2 aromatic rings. The third-order valence-electron chi connectivity index (χ3n) is 6.88. The molecule has 0 N–H and O–H groups in total. The quantitative estimate of drug-likeness (QED) is 0.383. The van der Waals surface area contributed by atoms with Crippen LogP contribution in [0.1, 0.15) is 63.5 Å². The Morgan fingerprint density at radius 3 is 2.18 bits per heavy atom. The van der Waals surface area contributed by atoms with Crippen molar-refractivity contribution >= 4 is 0 Å². The summed E-state index contributed by atoms with van der Waals surface area (Å²) in [6.45, 7) is 4.12. The lowest BCUT2D eigenvalue weighted by Crippen LogP contribution is -2.40. The minimum Gasteiger partial charge on any atom is -0.493 e. The zero-order valence-corrected chi connectivity index (χ0v) is 18.9. The van der Waals surface area contributed by atoms with E-state index in [-0.39, 0.29) is 23.5 Å². The summed E-state index contributed by atoms with van der Waals surface area (Å²) in [5, 5.41) is 0. The highest BCUT2D eigenvalue weighted by molar-refractivity contribution is 5.77. The first-order valence-corrected chi connectivity index (χ1v) is 11.7. The van der Waals surface area contributed by atoms with Gasteiger partial charge in [-0.2, -0.15) is 17.6 Å². The highest BCUT2D eigenvalue weighted by atomic mass is 19.3. The van der Waals surface area contributed by atoms with Crippen LogP contribution in [0.15, 0.2) is 30.3 Å². The summed E-state index contributed by atoms with van der Waals surface area (Å²) in [6.07, 6.45) is 6.66. The van der Waals surface area contributed by atoms with Crippen LogP contribution in [-0.4, -0.2) is 13.2 Å². The van der Waals surface area contributed by atoms with Crippen molar-refractivity contribution < 1.29 is 31.4 Å². The van der Waals surface area contributed by atoms with Crippen LogP contribution >= 0.6 is 0 Å². The van der Waals surface area contributed by atoms with Crippen LogP contribution in [-0.2, 0) is 11.8 Å². The smallest absolute Gasteiger partial charge is 0.343 e. The van der Waals surface area contributed by atoms with Gasteiger partial charge in [-0.1, -0.05) is 38.7 Å². The Balaban J connectivity index is 1.60. The maximum Gasteiger partial charge on any atom is 0.343 e. The second-order valence-corrected chi connectivity index (χ2v) is 9.08. The number of benzene rings is 2. The second kappa shape index (κ2) is 9.15. The molecule has 33 heavy (non-hydrogen) atoms. The van der Waals surface area contributed by atoms with E-state index in [0.717, 1.165) is 37.7 Å². The van der Waals surface area contributed by atoms with Gasteiger partial charge >= 0.3 is 11.8 Å². The normalized spacial score (nSPS) is 22.9. The molecule has 7 heteroatoms. The monoisotopic (exact) mass is 468 g/mol. The molecule has 2 aliphatic rings. The first kappa shape index (κ1) is 23.8. The molecule has 0 saturated heterocycles. The zero-order chi connectivity index (χ0) is 23.8. The summed E-state index contributed by atoms with van der Waals surface area (Å²) in [5.74, 6) is -10.1. The van der Waals surface area contributed by atoms with Crippen LogP contribution < -0.4 is 9.47 Å². The molecular weight excluding hydrogens is 439 g/mol. The topological polar surface area (TPSA) is 18.5 Å². The Labute approximate surface area is 191 Å². The van der Waals surface area contributed by atoms with Crippen LogP contribution in [0.25, 0.3) is 11.1 Å². The van der Waals surface area contributed by atoms with Gasteiger partial charge in [0.1, 0.15) is 5.75 Å². The van der Waals surface area contributed by atoms with Gasteiger partial charge in [0.15, 0.2) is 11.6 Å². The van der Waals surface area contributed by atoms with Gasteiger partial charge in [0, 0.05) is 5.56 Å². The Morgan fingerprint density at radius 2 is 1.52 bits per heavy atom. The van der Waals surface area contributed by atoms with Crippen molar-refractivity contribution in [3.05, 3.63) is 47.3 Å². The lowest BCUT2D eigenvalue weighted by molar-refractivity contribution is -0.226. The number of hydrogen-bond donors (Lipinski definition) is 0. The summed E-state index contributed by atoms with van der Waals surface area (Å²) >= 11 is 0. The minimum atomic E-state index is -4.73. The van der Waals surface area contributed by atoms with Gasteiger partial charge in [-0.3, -0.25) is 0 Å². The third kappa shape index (κ3) is 4.19. The van der Waals surface area contributed by atoms with Crippen LogP contribution in [0.3, 0.4) is 0 Å². The van der Waals surface area contributed by atoms with Gasteiger partial charge in [0.2, 0.25) is 0 Å². The van der Waals surface area contributed by atoms with Crippen molar-refractivity contribution in [2.45, 2.75) is 64.2 Å². The summed E-state index contributed by atoms with van der Waals surface area (Å²) in [7, 11) is 0. The number of halogens is 5. The molecule has 0 bridgehead atoms. The molecule has 0 amide bonds. The Kier molecular flexibility index (Phi) is 6.61. The zero-order valence-electron chi connectivity index (χ0n) is 18.9. The summed E-state index contributed by atoms with van der Waals surface area (Å²) in [5.41, 5.74) is -2.57. The van der Waals surface area contributed by atoms with E-state index in [9.17, 15) is 13.2 Å². The van der Waals surface area contributed by atoms with Crippen LogP contribution in [0, 0.1) is 17.7 Å². The Bertz CT molecular complexity index is 996. The molecule has 0 aromatic heterocycles. The van der Waals surface area contributed by atoms with Gasteiger partial charge in [0.05, 0.1) is 18.8 Å². The van der Waals surface area contributed by atoms with Crippen molar-refractivity contribution in [3.8, 4) is 22.6 Å². The molecule has 1 fully saturated rings. The van der Waals surface area contributed by atoms with E-state index < -0.39 is 34.5 Å². The summed E-state index contributed by atoms with van der Waals surface area (Å²) in [6, 6.07) is 6.17. The average Bonchev–Trinajstić information content (AvgIpc) is 2.79. The first-order chi connectivity index (χ1) is 15.7. The van der Waals surface area contributed by atoms with E-state index in [4.69, 9.17) is 9.47 Å². The largest absolute Gasteiger partial charge is 0.493 e. The predicted octanol–water partition coefficient (Wildman–Crippen LogP) is 8.07. The first-order valence-electron chi connectivity index (χ1n) is 11.7. The van der Waals surface area contributed by atoms with E-state index >= 15 is 8.78 Å². The van der Waals surface area contributed by atoms with E-state index in [1.807, 2.05) is 0 Å². The summed E-state index contributed by atoms with van der Waals surface area (Å²) < 4.78 is 85.5. The third-order valence-corrected chi connectivity index (χ3v) is 6.88. The molecule has 2 nitrogen and oxygen atoms in total. The van der Waals surface area contributed by atoms with Crippen molar-refractivity contribution in [1.82, 2.24) is 0 Å². The van der Waals surface area contributed by atoms with Crippen molar-refractivity contribution in [2.24, 2.45) is 11.8 Å². The molecular formula is C26H29F5O2. The van der Waals surface area contributed by atoms with Gasteiger partial charge in [0.25, 0.3) is 0 Å². The lowest BCUT2D eigenvalue weighted by atomic mass is 9.80. The van der Waals surface area contributed by atoms with E-state index in [2.05, 4.69) is 6.92 Å². The van der Waals surface area contributed by atoms with Crippen LogP contribution in [0.4, 0.5) is 22.0 Å². The molecule has 0 aliphatic heterocycles. The molecule has 0 unspecified atom stereocenters. The SMILES string of the molecule is CCCC1CCC(COc2ccc3c(c2)C(F)(F)C(F)(F)c2c-3ccc(OCC)c2F)CC1. The molecule has 4 rings (SSSR count). The van der Waals surface area contributed by atoms with Gasteiger partial charge in [-0.25, -0.2) is 4.39 Å². The molecule has 180 valence electrons. The van der Waals surface area contributed by atoms with Crippen molar-refractivity contribution in [1.29, 1.82) is 0 Å². The van der Waals surface area contributed by atoms with E-state index in [1.54, 1.807) is 6.92 Å². The lowest BCUT2D eigenvalue weighted by Gasteiger charge is -2.35. The van der Waals surface area contributed by atoms with E-state index in [0.29, 0.717) is 12.5 Å². The van der Waals surface area contributed by atoms with Gasteiger partial charge in [-0.05, 0) is 67.0 Å². The Hall–Kier alpha value is -2.31. The molecule has 0 spiro atoms. The van der Waals surface area contributed by atoms with Gasteiger partial charge < -0.3 is 9.47 Å². The summed E-state index contributed by atoms with van der Waals surface area (Å²) in [4.78, 5) is 0. The maximum absolute atomic E-state index is 15.0. The highest BCUT2D eigenvalue weighted by Gasteiger charge is 2.64. The molecule has 0 atom stereocenters. The Morgan fingerprint density at radius 1 is 0.848 bits per heavy atom. The molecule has 2 aliphatic carbocycles. The number of ether oxygens (including phenoxy) is 2. The van der Waals surface area contributed by atoms with Crippen LogP contribution in [0.5, 0.6) is 11.5 Å². The van der Waals surface area contributed by atoms with E-state index in [1.165, 1.54) is 37.1 Å². The van der Waals surface area contributed by atoms with Gasteiger partial charge in [-0.15, -0.1) is 0 Å². The fraction of sp³-hybridized carbons (Fsp3) is 0.538. The molecule has 0 radical (unpaired) electrons. The fourth-order valence-electron chi connectivity index (χ4n) is 5.10. The molecule has 1 saturated carbocycles. The molecule has 2 aromatic carbocycles. The average molecular weight is 469 g/mol. The standard InChI is InChI=1S/C26H29F5O2/c1-3-5-16-6-8-17(9-7-16)15-33-18-10-11-19-20-12-13-22(32-4-2)24(27)23(20)26(30,31)25(28,29)21(19)14-18/h10-14,16-17H,3-9,15H2,1-2H3. The number of rotatable bonds is 7. The maximum atomic E-state index is 15.0. The number of hydrogen-bond acceptors (Lipinski definition) is 2. The number of fused-ring (bicyclic) bond motifs is 3. The number of alkyl halides is 4. The van der Waals surface area contributed by atoms with Crippen molar-refractivity contribution in [2.75, 3.05) is 13.2 Å². The van der Waals surface area contributed by atoms with Crippen LogP contribution in [0.2, 0.25) is 0 Å². The molecule has 0 heterocycles.